The van der Waals surface area contributed by atoms with Crippen molar-refractivity contribution >= 4 is 17.9 Å². The highest BCUT2D eigenvalue weighted by Crippen LogP contribution is 2.14. The van der Waals surface area contributed by atoms with Crippen LogP contribution in [0.3, 0.4) is 0 Å². The molecule has 22 heavy (non-hydrogen) atoms. The largest absolute Gasteiger partial charge is 0.453 e. The van der Waals surface area contributed by atoms with E-state index in [1.165, 1.54) is 14.0 Å². The molecule has 0 aromatic rings. The third kappa shape index (κ3) is 5.91. The number of methoxy groups -OCH3 is 1. The van der Waals surface area contributed by atoms with Gasteiger partial charge in [-0.2, -0.15) is 0 Å². The first-order valence-corrected chi connectivity index (χ1v) is 7.73. The summed E-state index contributed by atoms with van der Waals surface area (Å²) in [5.41, 5.74) is 0. The number of alkyl carbamates (subject to hydrolysis) is 1. The first kappa shape index (κ1) is 18.3. The van der Waals surface area contributed by atoms with Crippen molar-refractivity contribution in [2.75, 3.05) is 20.2 Å². The number of amides is 3. The van der Waals surface area contributed by atoms with Crippen molar-refractivity contribution in [2.24, 2.45) is 5.92 Å². The fraction of sp³-hybridized carbons (Fsp3) is 0.800. The number of piperidine rings is 1. The summed E-state index contributed by atoms with van der Waals surface area (Å²) in [7, 11) is 1.28. The van der Waals surface area contributed by atoms with Gasteiger partial charge in [-0.3, -0.25) is 9.59 Å². The van der Waals surface area contributed by atoms with Crippen LogP contribution >= 0.6 is 0 Å². The molecule has 0 aliphatic carbocycles. The van der Waals surface area contributed by atoms with Crippen LogP contribution in [0.25, 0.3) is 0 Å². The van der Waals surface area contributed by atoms with Crippen LogP contribution in [0, 0.1) is 5.92 Å². The lowest BCUT2D eigenvalue weighted by atomic mass is 10.00. The summed E-state index contributed by atoms with van der Waals surface area (Å²) >= 11 is 0. The number of rotatable bonds is 5. The Bertz CT molecular complexity index is 412. The number of carbonyl (C=O) groups excluding carboxylic acids is 3. The number of nitrogens with one attached hydrogen (secondary N) is 2. The van der Waals surface area contributed by atoms with Gasteiger partial charge in [0.25, 0.3) is 0 Å². The maximum absolute atomic E-state index is 12.7. The second-order valence-electron chi connectivity index (χ2n) is 6.14. The van der Waals surface area contributed by atoms with Crippen LogP contribution in [0.4, 0.5) is 4.79 Å². The van der Waals surface area contributed by atoms with E-state index < -0.39 is 12.1 Å². The topological polar surface area (TPSA) is 87.7 Å². The van der Waals surface area contributed by atoms with E-state index in [-0.39, 0.29) is 23.8 Å². The first-order chi connectivity index (χ1) is 10.3. The Kier molecular flexibility index (Phi) is 7.14. The van der Waals surface area contributed by atoms with Gasteiger partial charge in [0.05, 0.1) is 7.11 Å². The number of nitrogens with zero attached hydrogens (tertiary/aromatic N) is 1. The highest BCUT2D eigenvalue weighted by Gasteiger charge is 2.30. The number of ether oxygens (including phenoxy) is 1. The van der Waals surface area contributed by atoms with Gasteiger partial charge in [-0.05, 0) is 25.2 Å². The summed E-state index contributed by atoms with van der Waals surface area (Å²) < 4.78 is 4.60. The Balaban J connectivity index is 2.70. The molecule has 0 radical (unpaired) electrons. The maximum atomic E-state index is 12.7. The van der Waals surface area contributed by atoms with E-state index in [2.05, 4.69) is 15.4 Å². The molecule has 2 atom stereocenters. The molecule has 1 heterocycles. The molecular formula is C15H27N3O4. The average Bonchev–Trinajstić information content (AvgIpc) is 2.44. The van der Waals surface area contributed by atoms with Gasteiger partial charge in [-0.25, -0.2) is 4.79 Å². The second kappa shape index (κ2) is 8.60. The first-order valence-electron chi connectivity index (χ1n) is 7.73. The second-order valence-corrected chi connectivity index (χ2v) is 6.14. The van der Waals surface area contributed by atoms with Gasteiger partial charge in [0.1, 0.15) is 6.04 Å². The molecule has 0 aromatic heterocycles. The van der Waals surface area contributed by atoms with Gasteiger partial charge in [0, 0.05) is 26.1 Å². The lowest BCUT2D eigenvalue weighted by molar-refractivity contribution is -0.135. The highest BCUT2D eigenvalue weighted by molar-refractivity contribution is 5.85. The molecular weight excluding hydrogens is 286 g/mol. The van der Waals surface area contributed by atoms with Crippen molar-refractivity contribution in [2.45, 2.75) is 52.1 Å². The minimum Gasteiger partial charge on any atom is -0.453 e. The molecule has 0 spiro atoms. The smallest absolute Gasteiger partial charge is 0.407 e. The van der Waals surface area contributed by atoms with E-state index in [9.17, 15) is 14.4 Å². The zero-order chi connectivity index (χ0) is 16.7. The minimum absolute atomic E-state index is 0.0203. The molecule has 1 rings (SSSR count). The normalized spacial score (nSPS) is 19.5. The molecule has 2 N–H and O–H groups in total. The standard InChI is InChI=1S/C15H27N3O4/c1-10(2)8-13(17-15(21)22-4)14(20)18-7-5-6-12(9-18)16-11(3)19/h10,12-13H,5-9H2,1-4H3,(H,16,19)(H,17,21). The summed E-state index contributed by atoms with van der Waals surface area (Å²) in [6.07, 6.45) is 1.65. The fourth-order valence-corrected chi connectivity index (χ4v) is 2.70. The van der Waals surface area contributed by atoms with Crippen molar-refractivity contribution in [1.82, 2.24) is 15.5 Å². The molecule has 7 heteroatoms. The average molecular weight is 313 g/mol. The van der Waals surface area contributed by atoms with Crippen molar-refractivity contribution in [1.29, 1.82) is 0 Å². The molecule has 0 bridgehead atoms. The molecule has 7 nitrogen and oxygen atoms in total. The maximum Gasteiger partial charge on any atom is 0.407 e. The molecule has 126 valence electrons. The van der Waals surface area contributed by atoms with Gasteiger partial charge in [0.15, 0.2) is 0 Å². The molecule has 0 saturated carbocycles. The van der Waals surface area contributed by atoms with Crippen molar-refractivity contribution < 1.29 is 19.1 Å². The van der Waals surface area contributed by atoms with Gasteiger partial charge >= 0.3 is 6.09 Å². The summed E-state index contributed by atoms with van der Waals surface area (Å²) in [5.74, 6) is 0.0573. The van der Waals surface area contributed by atoms with Crippen molar-refractivity contribution in [3.05, 3.63) is 0 Å². The number of likely N-dealkylation sites (tertiary alicyclic amines) is 1. The van der Waals surface area contributed by atoms with E-state index in [1.807, 2.05) is 13.8 Å². The Labute approximate surface area is 131 Å². The van der Waals surface area contributed by atoms with Crippen LogP contribution in [0.5, 0.6) is 0 Å². The molecule has 1 aliphatic rings. The molecule has 0 aromatic carbocycles. The van der Waals surface area contributed by atoms with Gasteiger partial charge in [-0.15, -0.1) is 0 Å². The van der Waals surface area contributed by atoms with Gasteiger partial charge in [0.2, 0.25) is 11.8 Å². The molecule has 1 fully saturated rings. The van der Waals surface area contributed by atoms with Crippen LogP contribution < -0.4 is 10.6 Å². The predicted octanol–water partition coefficient (Wildman–Crippen LogP) is 0.884. The lowest BCUT2D eigenvalue weighted by Crippen LogP contribution is -2.55. The van der Waals surface area contributed by atoms with Crippen molar-refractivity contribution in [3.63, 3.8) is 0 Å². The summed E-state index contributed by atoms with van der Waals surface area (Å²) in [4.78, 5) is 37.0. The molecule has 1 aliphatic heterocycles. The van der Waals surface area contributed by atoms with Crippen LogP contribution in [0.1, 0.15) is 40.0 Å². The SMILES string of the molecule is COC(=O)NC(CC(C)C)C(=O)N1CCCC(NC(C)=O)C1. The molecule has 3 amide bonds. The third-order valence-corrected chi connectivity index (χ3v) is 3.62. The zero-order valence-corrected chi connectivity index (χ0v) is 13.8. The van der Waals surface area contributed by atoms with Crippen molar-refractivity contribution in [3.8, 4) is 0 Å². The minimum atomic E-state index is -0.602. The van der Waals surface area contributed by atoms with Gasteiger partial charge < -0.3 is 20.3 Å². The lowest BCUT2D eigenvalue weighted by Gasteiger charge is -2.35. The summed E-state index contributed by atoms with van der Waals surface area (Å²) in [6, 6.07) is -0.614. The van der Waals surface area contributed by atoms with E-state index in [4.69, 9.17) is 0 Å². The third-order valence-electron chi connectivity index (χ3n) is 3.62. The zero-order valence-electron chi connectivity index (χ0n) is 13.8. The van der Waals surface area contributed by atoms with E-state index in [1.54, 1.807) is 4.90 Å². The quantitative estimate of drug-likeness (QED) is 0.789. The van der Waals surface area contributed by atoms with E-state index in [0.717, 1.165) is 12.8 Å². The van der Waals surface area contributed by atoms with Crippen LogP contribution in [0.2, 0.25) is 0 Å². The van der Waals surface area contributed by atoms with Gasteiger partial charge in [-0.1, -0.05) is 13.8 Å². The van der Waals surface area contributed by atoms with Crippen LogP contribution in [-0.4, -0.2) is 55.1 Å². The monoisotopic (exact) mass is 313 g/mol. The Hall–Kier alpha value is -1.79. The predicted molar refractivity (Wildman–Crippen MR) is 82.2 cm³/mol. The van der Waals surface area contributed by atoms with Crippen LogP contribution in [-0.2, 0) is 14.3 Å². The highest BCUT2D eigenvalue weighted by atomic mass is 16.5. The molecule has 2 unspecified atom stereocenters. The fourth-order valence-electron chi connectivity index (χ4n) is 2.70. The number of hydrogen-bond acceptors (Lipinski definition) is 4. The Morgan fingerprint density at radius 2 is 2.00 bits per heavy atom. The van der Waals surface area contributed by atoms with Crippen LogP contribution in [0.15, 0.2) is 0 Å². The van der Waals surface area contributed by atoms with E-state index in [0.29, 0.717) is 19.5 Å². The Morgan fingerprint density at radius 1 is 1.32 bits per heavy atom. The summed E-state index contributed by atoms with van der Waals surface area (Å²) in [6.45, 7) is 6.59. The summed E-state index contributed by atoms with van der Waals surface area (Å²) in [5, 5.41) is 5.46. The van der Waals surface area contributed by atoms with E-state index >= 15 is 0 Å². The molecule has 1 saturated heterocycles. The number of carbonyl (C=O) groups is 3. The number of hydrogen-bond donors (Lipinski definition) is 2. The Morgan fingerprint density at radius 3 is 2.55 bits per heavy atom.